The van der Waals surface area contributed by atoms with Gasteiger partial charge in [-0.05, 0) is 42.7 Å². The number of para-hydroxylation sites is 1. The van der Waals surface area contributed by atoms with E-state index in [1.54, 1.807) is 36.2 Å². The summed E-state index contributed by atoms with van der Waals surface area (Å²) in [6.07, 6.45) is 0.612. The van der Waals surface area contributed by atoms with E-state index in [2.05, 4.69) is 5.32 Å². The maximum absolute atomic E-state index is 12.7. The van der Waals surface area contributed by atoms with Gasteiger partial charge in [-0.25, -0.2) is 0 Å². The third-order valence-corrected chi connectivity index (χ3v) is 3.89. The van der Waals surface area contributed by atoms with Gasteiger partial charge in [0.2, 0.25) is 5.91 Å². The van der Waals surface area contributed by atoms with Crippen molar-refractivity contribution in [3.8, 4) is 0 Å². The molecule has 0 fully saturated rings. The molecular weight excluding hydrogens is 350 g/mol. The second kappa shape index (κ2) is 9.94. The summed E-state index contributed by atoms with van der Waals surface area (Å²) in [5.74, 6) is -0.0447. The van der Waals surface area contributed by atoms with Gasteiger partial charge in [0.1, 0.15) is 0 Å². The minimum Gasteiger partial charge on any atom is -0.325 e. The highest BCUT2D eigenvalue weighted by Gasteiger charge is 2.17. The number of nitrogens with zero attached hydrogens (tertiary/aromatic N) is 1. The lowest BCUT2D eigenvalue weighted by molar-refractivity contribution is -0.117. The van der Waals surface area contributed by atoms with E-state index < -0.39 is 6.04 Å². The Balaban J connectivity index is 0.00000338. The molecule has 6 heteroatoms. The topological polar surface area (TPSA) is 75.4 Å². The van der Waals surface area contributed by atoms with Crippen molar-refractivity contribution in [3.05, 3.63) is 60.2 Å². The van der Waals surface area contributed by atoms with Crippen LogP contribution in [0.3, 0.4) is 0 Å². The predicted molar refractivity (Wildman–Crippen MR) is 109 cm³/mol. The van der Waals surface area contributed by atoms with Crippen LogP contribution in [-0.2, 0) is 4.79 Å². The van der Waals surface area contributed by atoms with Crippen molar-refractivity contribution in [2.24, 2.45) is 11.7 Å². The van der Waals surface area contributed by atoms with Gasteiger partial charge >= 0.3 is 0 Å². The van der Waals surface area contributed by atoms with Crippen molar-refractivity contribution in [2.45, 2.75) is 26.3 Å². The number of anilines is 2. The van der Waals surface area contributed by atoms with E-state index in [4.69, 9.17) is 5.73 Å². The van der Waals surface area contributed by atoms with Crippen LogP contribution >= 0.6 is 12.4 Å². The maximum atomic E-state index is 12.7. The summed E-state index contributed by atoms with van der Waals surface area (Å²) in [5, 5.41) is 2.79. The average molecular weight is 376 g/mol. The van der Waals surface area contributed by atoms with Gasteiger partial charge in [-0.15, -0.1) is 12.4 Å². The van der Waals surface area contributed by atoms with Crippen LogP contribution in [0, 0.1) is 5.92 Å². The fourth-order valence-electron chi connectivity index (χ4n) is 2.54. The summed E-state index contributed by atoms with van der Waals surface area (Å²) in [5.41, 5.74) is 7.77. The van der Waals surface area contributed by atoms with Gasteiger partial charge in [-0.3, -0.25) is 9.59 Å². The standard InChI is InChI=1S/C20H25N3O2.ClH/c1-14(2)12-18(21)19(24)22-16-9-7-8-15(13-16)20(25)23(3)17-10-5-4-6-11-17;/h4-11,13-14,18H,12,21H2,1-3H3,(H,22,24);1H/t18-;/m0./s1. The van der Waals surface area contributed by atoms with E-state index in [0.717, 1.165) is 5.69 Å². The lowest BCUT2D eigenvalue weighted by atomic mass is 10.0. The van der Waals surface area contributed by atoms with Crippen molar-refractivity contribution in [1.29, 1.82) is 0 Å². The Hall–Kier alpha value is -2.37. The quantitative estimate of drug-likeness (QED) is 0.808. The molecule has 0 aromatic heterocycles. The van der Waals surface area contributed by atoms with E-state index in [9.17, 15) is 9.59 Å². The maximum Gasteiger partial charge on any atom is 0.258 e. The molecule has 0 bridgehead atoms. The van der Waals surface area contributed by atoms with E-state index in [0.29, 0.717) is 23.6 Å². The first-order valence-corrected chi connectivity index (χ1v) is 8.38. The predicted octanol–water partition coefficient (Wildman–Crippen LogP) is 3.70. The van der Waals surface area contributed by atoms with E-state index in [1.165, 1.54) is 0 Å². The van der Waals surface area contributed by atoms with E-state index >= 15 is 0 Å². The molecule has 0 saturated carbocycles. The first kappa shape index (κ1) is 21.7. The number of nitrogens with two attached hydrogens (primary N) is 1. The molecule has 3 N–H and O–H groups in total. The molecule has 2 rings (SSSR count). The van der Waals surface area contributed by atoms with Crippen LogP contribution in [0.2, 0.25) is 0 Å². The Morgan fingerprint density at radius 2 is 1.73 bits per heavy atom. The van der Waals surface area contributed by atoms with Crippen molar-refractivity contribution in [1.82, 2.24) is 0 Å². The Labute approximate surface area is 161 Å². The van der Waals surface area contributed by atoms with Crippen LogP contribution in [0.1, 0.15) is 30.6 Å². The van der Waals surface area contributed by atoms with Gasteiger partial charge in [-0.2, -0.15) is 0 Å². The summed E-state index contributed by atoms with van der Waals surface area (Å²) in [6, 6.07) is 15.7. The normalized spacial score (nSPS) is 11.4. The first-order valence-electron chi connectivity index (χ1n) is 8.38. The number of hydrogen-bond acceptors (Lipinski definition) is 3. The second-order valence-electron chi connectivity index (χ2n) is 6.51. The van der Waals surface area contributed by atoms with Gasteiger partial charge < -0.3 is 16.0 Å². The van der Waals surface area contributed by atoms with Gasteiger partial charge in [0.05, 0.1) is 6.04 Å². The Bertz CT molecular complexity index is 735. The summed E-state index contributed by atoms with van der Waals surface area (Å²) < 4.78 is 0. The zero-order valence-corrected chi connectivity index (χ0v) is 16.1. The van der Waals surface area contributed by atoms with Crippen molar-refractivity contribution < 1.29 is 9.59 Å². The molecule has 0 unspecified atom stereocenters. The SMILES string of the molecule is CC(C)C[C@H](N)C(=O)Nc1cccc(C(=O)N(C)c2ccccc2)c1.Cl. The molecule has 2 amide bonds. The molecule has 5 nitrogen and oxygen atoms in total. The highest BCUT2D eigenvalue weighted by Crippen LogP contribution is 2.18. The average Bonchev–Trinajstić information content (AvgIpc) is 2.60. The molecule has 0 heterocycles. The van der Waals surface area contributed by atoms with Gasteiger partial charge in [0.25, 0.3) is 5.91 Å². The van der Waals surface area contributed by atoms with Crippen LogP contribution in [0.5, 0.6) is 0 Å². The minimum atomic E-state index is -0.564. The third kappa shape index (κ3) is 5.86. The molecule has 26 heavy (non-hydrogen) atoms. The highest BCUT2D eigenvalue weighted by atomic mass is 35.5. The number of halogens is 1. The Kier molecular flexibility index (Phi) is 8.29. The number of nitrogens with one attached hydrogen (secondary N) is 1. The summed E-state index contributed by atoms with van der Waals surface area (Å²) in [4.78, 5) is 26.4. The monoisotopic (exact) mass is 375 g/mol. The van der Waals surface area contributed by atoms with Gasteiger partial charge in [0, 0.05) is 24.0 Å². The zero-order chi connectivity index (χ0) is 18.4. The Morgan fingerprint density at radius 3 is 2.35 bits per heavy atom. The number of hydrogen-bond donors (Lipinski definition) is 2. The van der Waals surface area contributed by atoms with Crippen molar-refractivity contribution >= 4 is 35.6 Å². The number of benzene rings is 2. The van der Waals surface area contributed by atoms with Gasteiger partial charge in [-0.1, -0.05) is 38.1 Å². The molecule has 1 atom stereocenters. The van der Waals surface area contributed by atoms with E-state index in [1.807, 2.05) is 44.2 Å². The smallest absolute Gasteiger partial charge is 0.258 e. The largest absolute Gasteiger partial charge is 0.325 e. The van der Waals surface area contributed by atoms with Crippen LogP contribution in [-0.4, -0.2) is 24.9 Å². The molecular formula is C20H26ClN3O2. The first-order chi connectivity index (χ1) is 11.9. The number of carbonyl (C=O) groups excluding carboxylic acids is 2. The highest BCUT2D eigenvalue weighted by molar-refractivity contribution is 6.06. The molecule has 0 aliphatic carbocycles. The fourth-order valence-corrected chi connectivity index (χ4v) is 2.54. The third-order valence-electron chi connectivity index (χ3n) is 3.89. The van der Waals surface area contributed by atoms with Crippen LogP contribution in [0.4, 0.5) is 11.4 Å². The lowest BCUT2D eigenvalue weighted by Gasteiger charge is -2.18. The van der Waals surface area contributed by atoms with Crippen LogP contribution in [0.25, 0.3) is 0 Å². The summed E-state index contributed by atoms with van der Waals surface area (Å²) in [7, 11) is 1.72. The molecule has 140 valence electrons. The second-order valence-corrected chi connectivity index (χ2v) is 6.51. The molecule has 0 radical (unpaired) electrons. The number of carbonyl (C=O) groups is 2. The molecule has 2 aromatic rings. The Morgan fingerprint density at radius 1 is 1.08 bits per heavy atom. The molecule has 0 spiro atoms. The summed E-state index contributed by atoms with van der Waals surface area (Å²) >= 11 is 0. The van der Waals surface area contributed by atoms with Crippen LogP contribution in [0.15, 0.2) is 54.6 Å². The van der Waals surface area contributed by atoms with Crippen LogP contribution < -0.4 is 16.0 Å². The van der Waals surface area contributed by atoms with E-state index in [-0.39, 0.29) is 24.2 Å². The zero-order valence-electron chi connectivity index (χ0n) is 15.3. The summed E-state index contributed by atoms with van der Waals surface area (Å²) in [6.45, 7) is 4.04. The van der Waals surface area contributed by atoms with Crippen molar-refractivity contribution in [2.75, 3.05) is 17.3 Å². The number of rotatable bonds is 6. The minimum absolute atomic E-state index is 0. The number of amides is 2. The fraction of sp³-hybridized carbons (Fsp3) is 0.300. The molecule has 2 aromatic carbocycles. The molecule has 0 saturated heterocycles. The molecule has 0 aliphatic rings. The van der Waals surface area contributed by atoms with Gasteiger partial charge in [0.15, 0.2) is 0 Å². The van der Waals surface area contributed by atoms with Crippen molar-refractivity contribution in [3.63, 3.8) is 0 Å². The molecule has 0 aliphatic heterocycles. The lowest BCUT2D eigenvalue weighted by Crippen LogP contribution is -2.36.